The minimum absolute atomic E-state index is 0.0160. The number of rotatable bonds is 7. The Morgan fingerprint density at radius 2 is 1.80 bits per heavy atom. The molecule has 1 aliphatic heterocycles. The monoisotopic (exact) mass is 691 g/mol. The second-order valence-corrected chi connectivity index (χ2v) is 12.8. The third kappa shape index (κ3) is 6.76. The molecule has 2 aliphatic rings. The first kappa shape index (κ1) is 33.7. The van der Waals surface area contributed by atoms with E-state index in [2.05, 4.69) is 25.5 Å². The summed E-state index contributed by atoms with van der Waals surface area (Å²) >= 11 is 6.19. The highest BCUT2D eigenvalue weighted by molar-refractivity contribution is 6.34. The maximum Gasteiger partial charge on any atom is 0.341 e. The molecule has 0 unspecified atom stereocenters. The molecule has 1 saturated carbocycles. The van der Waals surface area contributed by atoms with Crippen LogP contribution in [0, 0.1) is 11.2 Å². The minimum Gasteiger partial charge on any atom is -0.477 e. The van der Waals surface area contributed by atoms with Gasteiger partial charge in [-0.05, 0) is 68.4 Å². The molecule has 2 amide bonds. The fourth-order valence-electron chi connectivity index (χ4n) is 6.38. The van der Waals surface area contributed by atoms with Crippen LogP contribution < -0.4 is 15.1 Å². The Morgan fingerprint density at radius 3 is 2.49 bits per heavy atom. The van der Waals surface area contributed by atoms with Gasteiger partial charge in [0.25, 0.3) is 5.91 Å². The molecule has 7 rings (SSSR count). The van der Waals surface area contributed by atoms with Crippen LogP contribution in [0.2, 0.25) is 5.02 Å². The van der Waals surface area contributed by atoms with E-state index in [4.69, 9.17) is 21.8 Å². The standard InChI is InChI=1S/C24H25ClFN5O3.C9H10N4O2/c25-19-11-16(26)1-2-20(19)30-9-8-24(23(30)34)6-3-17(4-7-24)29-22(33)18-13-28-31-14-15(5-10-32)12-27-21(18)31;1-12(2)7-3-4-13-8(11-7)6(5-10-13)9(14)15/h1-2,11-14,17,32H,3-10H2,(H,29,33);3-5H,1-2H3,(H,14,15). The maximum atomic E-state index is 13.4. The van der Waals surface area contributed by atoms with E-state index in [1.54, 1.807) is 45.0 Å². The zero-order chi connectivity index (χ0) is 34.9. The van der Waals surface area contributed by atoms with Crippen molar-refractivity contribution < 1.29 is 29.0 Å². The zero-order valence-electron chi connectivity index (χ0n) is 26.9. The van der Waals surface area contributed by atoms with Gasteiger partial charge in [-0.3, -0.25) is 9.59 Å². The van der Waals surface area contributed by atoms with E-state index in [0.717, 1.165) is 5.56 Å². The molecule has 49 heavy (non-hydrogen) atoms. The van der Waals surface area contributed by atoms with Crippen molar-refractivity contribution >= 4 is 52.2 Å². The summed E-state index contributed by atoms with van der Waals surface area (Å²) in [5.74, 6) is -0.968. The number of carboxylic acids is 1. The summed E-state index contributed by atoms with van der Waals surface area (Å²) in [6.45, 7) is 0.565. The molecule has 0 atom stereocenters. The number of nitrogens with zero attached hydrogens (tertiary/aromatic N) is 8. The summed E-state index contributed by atoms with van der Waals surface area (Å²) < 4.78 is 16.4. The zero-order valence-corrected chi connectivity index (χ0v) is 27.6. The number of aliphatic hydroxyl groups excluding tert-OH is 1. The number of amides is 2. The summed E-state index contributed by atoms with van der Waals surface area (Å²) in [5.41, 5.74) is 2.23. The Balaban J connectivity index is 0.000000232. The van der Waals surface area contributed by atoms with Gasteiger partial charge < -0.3 is 25.3 Å². The van der Waals surface area contributed by atoms with Crippen molar-refractivity contribution in [2.24, 2.45) is 5.41 Å². The number of aliphatic hydroxyl groups is 1. The van der Waals surface area contributed by atoms with Gasteiger partial charge in [0.05, 0.1) is 28.5 Å². The topological polar surface area (TPSA) is 171 Å². The molecule has 1 spiro atoms. The number of hydrogen-bond donors (Lipinski definition) is 3. The van der Waals surface area contributed by atoms with Gasteiger partial charge in [0.15, 0.2) is 11.3 Å². The van der Waals surface area contributed by atoms with Crippen molar-refractivity contribution in [1.82, 2.24) is 34.5 Å². The molecule has 16 heteroatoms. The molecule has 3 N–H and O–H groups in total. The van der Waals surface area contributed by atoms with Crippen LogP contribution in [0.25, 0.3) is 11.3 Å². The predicted molar refractivity (Wildman–Crippen MR) is 179 cm³/mol. The molecule has 2 fully saturated rings. The van der Waals surface area contributed by atoms with Crippen molar-refractivity contribution in [1.29, 1.82) is 0 Å². The van der Waals surface area contributed by atoms with Crippen LogP contribution in [0.5, 0.6) is 0 Å². The first-order chi connectivity index (χ1) is 23.5. The van der Waals surface area contributed by atoms with Gasteiger partial charge in [-0.1, -0.05) is 11.6 Å². The Hall–Kier alpha value is -5.15. The highest BCUT2D eigenvalue weighted by Gasteiger charge is 2.49. The fourth-order valence-corrected chi connectivity index (χ4v) is 6.65. The van der Waals surface area contributed by atoms with Crippen molar-refractivity contribution in [3.63, 3.8) is 0 Å². The van der Waals surface area contributed by atoms with Crippen LogP contribution in [0.4, 0.5) is 15.9 Å². The van der Waals surface area contributed by atoms with Crippen LogP contribution in [0.1, 0.15) is 58.4 Å². The van der Waals surface area contributed by atoms with Gasteiger partial charge >= 0.3 is 5.97 Å². The van der Waals surface area contributed by atoms with Crippen LogP contribution in [0.3, 0.4) is 0 Å². The number of nitrogens with one attached hydrogen (secondary N) is 1. The maximum absolute atomic E-state index is 13.4. The quantitative estimate of drug-likeness (QED) is 0.229. The lowest BCUT2D eigenvalue weighted by Crippen LogP contribution is -2.43. The van der Waals surface area contributed by atoms with Gasteiger partial charge in [-0.15, -0.1) is 0 Å². The van der Waals surface area contributed by atoms with Crippen molar-refractivity contribution in [3.8, 4) is 0 Å². The number of aromatic nitrogens is 6. The summed E-state index contributed by atoms with van der Waals surface area (Å²) in [7, 11) is 3.69. The molecule has 256 valence electrons. The smallest absolute Gasteiger partial charge is 0.341 e. The minimum atomic E-state index is -1.02. The number of carboxylic acid groups (broad SMARTS) is 1. The van der Waals surface area contributed by atoms with E-state index in [-0.39, 0.29) is 35.0 Å². The lowest BCUT2D eigenvalue weighted by atomic mass is 9.71. The molecule has 0 bridgehead atoms. The number of carbonyl (C=O) groups excluding carboxylic acids is 2. The highest BCUT2D eigenvalue weighted by atomic mass is 35.5. The van der Waals surface area contributed by atoms with E-state index < -0.39 is 17.2 Å². The number of hydrogen-bond acceptors (Lipinski definition) is 9. The Labute approximate surface area is 285 Å². The highest BCUT2D eigenvalue weighted by Crippen LogP contribution is 2.47. The number of carbonyl (C=O) groups is 3. The molecule has 5 heterocycles. The molecule has 0 radical (unpaired) electrons. The second-order valence-electron chi connectivity index (χ2n) is 12.4. The number of fused-ring (bicyclic) bond motifs is 2. The first-order valence-electron chi connectivity index (χ1n) is 15.8. The number of benzene rings is 1. The number of anilines is 2. The van der Waals surface area contributed by atoms with Crippen molar-refractivity contribution in [2.75, 3.05) is 37.0 Å². The van der Waals surface area contributed by atoms with Gasteiger partial charge in [0, 0.05) is 51.9 Å². The van der Waals surface area contributed by atoms with Crippen LogP contribution in [-0.2, 0) is 11.2 Å². The predicted octanol–water partition coefficient (Wildman–Crippen LogP) is 3.65. The van der Waals surface area contributed by atoms with E-state index >= 15 is 0 Å². The number of aromatic carboxylic acids is 1. The Morgan fingerprint density at radius 1 is 1.06 bits per heavy atom. The lowest BCUT2D eigenvalue weighted by molar-refractivity contribution is -0.127. The first-order valence-corrected chi connectivity index (χ1v) is 16.1. The van der Waals surface area contributed by atoms with Crippen LogP contribution >= 0.6 is 11.6 Å². The summed E-state index contributed by atoms with van der Waals surface area (Å²) in [4.78, 5) is 49.1. The SMILES string of the molecule is CN(C)c1ccn2ncc(C(=O)O)c2n1.O=C(NC1CCC2(CC1)CCN(c1ccc(F)cc1Cl)C2=O)c1cnn2cc(CCO)cnc12. The van der Waals surface area contributed by atoms with E-state index in [9.17, 15) is 18.8 Å². The normalized spacial score (nSPS) is 18.9. The Kier molecular flexibility index (Phi) is 9.48. The molecule has 14 nitrogen and oxygen atoms in total. The molecule has 4 aromatic heterocycles. The van der Waals surface area contributed by atoms with Gasteiger partial charge in [-0.2, -0.15) is 10.2 Å². The van der Waals surface area contributed by atoms with Crippen LogP contribution in [0.15, 0.2) is 55.2 Å². The summed E-state index contributed by atoms with van der Waals surface area (Å²) in [6, 6.07) is 5.82. The molecular weight excluding hydrogens is 657 g/mol. The van der Waals surface area contributed by atoms with Gasteiger partial charge in [0.2, 0.25) is 5.91 Å². The second kappa shape index (κ2) is 13.8. The number of halogens is 2. The summed E-state index contributed by atoms with van der Waals surface area (Å²) in [5, 5.41) is 29.4. The average Bonchev–Trinajstić information content (AvgIpc) is 3.78. The summed E-state index contributed by atoms with van der Waals surface area (Å²) in [6.07, 6.45) is 11.8. The largest absolute Gasteiger partial charge is 0.477 e. The molecule has 1 aliphatic carbocycles. The Bertz CT molecular complexity index is 2040. The third-order valence-corrected chi connectivity index (χ3v) is 9.39. The van der Waals surface area contributed by atoms with Crippen LogP contribution in [-0.4, -0.2) is 90.5 Å². The van der Waals surface area contributed by atoms with Gasteiger partial charge in [0.1, 0.15) is 22.8 Å². The van der Waals surface area contributed by atoms with E-state index in [1.165, 1.54) is 29.0 Å². The van der Waals surface area contributed by atoms with Crippen molar-refractivity contribution in [2.45, 2.75) is 44.6 Å². The molecule has 1 aromatic carbocycles. The average molecular weight is 692 g/mol. The molecule has 1 saturated heterocycles. The third-order valence-electron chi connectivity index (χ3n) is 9.09. The van der Waals surface area contributed by atoms with Gasteiger partial charge in [-0.25, -0.2) is 28.2 Å². The van der Waals surface area contributed by atoms with E-state index in [1.807, 2.05) is 14.1 Å². The van der Waals surface area contributed by atoms with E-state index in [0.29, 0.717) is 73.4 Å². The lowest BCUT2D eigenvalue weighted by Gasteiger charge is -2.36. The molecule has 5 aromatic rings. The fraction of sp³-hybridized carbons (Fsp3) is 0.364. The van der Waals surface area contributed by atoms with Crippen molar-refractivity contribution in [3.05, 3.63) is 82.8 Å². The molecular formula is C33H35ClFN9O5.